The third-order valence-corrected chi connectivity index (χ3v) is 3.13. The highest BCUT2D eigenvalue weighted by atomic mass is 16.3. The van der Waals surface area contributed by atoms with E-state index in [1.165, 1.54) is 0 Å². The normalized spacial score (nSPS) is 11.3. The van der Waals surface area contributed by atoms with E-state index in [1.807, 2.05) is 60.7 Å². The van der Waals surface area contributed by atoms with Gasteiger partial charge >= 0.3 is 0 Å². The molecular formula is C18H17N2O+. The minimum atomic E-state index is 0.636. The average Bonchev–Trinajstić information content (AvgIpc) is 3.07. The molecule has 0 aliphatic heterocycles. The molecule has 3 nitrogen and oxygen atoms in total. The van der Waals surface area contributed by atoms with Gasteiger partial charge in [-0.15, -0.1) is 0 Å². The molecule has 1 heterocycles. The highest BCUT2D eigenvalue weighted by molar-refractivity contribution is 6.04. The second-order valence-electron chi connectivity index (χ2n) is 4.66. The van der Waals surface area contributed by atoms with Crippen LogP contribution in [0.2, 0.25) is 0 Å². The van der Waals surface area contributed by atoms with Crippen LogP contribution in [0.25, 0.3) is 0 Å². The monoisotopic (exact) mass is 277 g/mol. The zero-order valence-electron chi connectivity index (χ0n) is 11.6. The Morgan fingerprint density at radius 2 is 1.57 bits per heavy atom. The van der Waals surface area contributed by atoms with Crippen molar-refractivity contribution in [3.8, 4) is 0 Å². The fraction of sp³-hybridized carbons (Fsp3) is 0.0556. The first-order chi connectivity index (χ1) is 10.4. The van der Waals surface area contributed by atoms with Crippen molar-refractivity contribution in [2.45, 2.75) is 6.54 Å². The summed E-state index contributed by atoms with van der Waals surface area (Å²) in [5.41, 5.74) is 2.15. The zero-order chi connectivity index (χ0) is 14.3. The smallest absolute Gasteiger partial charge is 0.280 e. The number of nitrogens with one attached hydrogen (secondary N) is 2. The minimum absolute atomic E-state index is 0.636. The first-order valence-electron chi connectivity index (χ1n) is 6.92. The van der Waals surface area contributed by atoms with E-state index in [1.54, 1.807) is 6.26 Å². The van der Waals surface area contributed by atoms with Gasteiger partial charge in [0.05, 0.1) is 11.8 Å². The van der Waals surface area contributed by atoms with Gasteiger partial charge in [-0.2, -0.15) is 0 Å². The lowest BCUT2D eigenvalue weighted by molar-refractivity contribution is -0.477. The van der Waals surface area contributed by atoms with E-state index in [4.69, 9.17) is 4.42 Å². The van der Waals surface area contributed by atoms with Crippen LogP contribution in [0.3, 0.4) is 0 Å². The highest BCUT2D eigenvalue weighted by Crippen LogP contribution is 2.07. The first kappa shape index (κ1) is 13.2. The summed E-state index contributed by atoms with van der Waals surface area (Å²) in [6.07, 6.45) is 1.68. The van der Waals surface area contributed by atoms with E-state index in [-0.39, 0.29) is 0 Å². The van der Waals surface area contributed by atoms with Crippen molar-refractivity contribution >= 4 is 11.5 Å². The number of hydrogen-bond acceptors (Lipinski definition) is 1. The molecule has 0 fully saturated rings. The first-order valence-corrected chi connectivity index (χ1v) is 6.92. The van der Waals surface area contributed by atoms with Gasteiger partial charge in [-0.05, 0) is 36.4 Å². The summed E-state index contributed by atoms with van der Waals surface area (Å²) in [5.74, 6) is 1.86. The SMILES string of the molecule is c1ccc(NC(=[NH+]Cc2ccco2)c2ccccc2)cc1. The van der Waals surface area contributed by atoms with E-state index >= 15 is 0 Å². The molecule has 104 valence electrons. The molecule has 3 heteroatoms. The zero-order valence-corrected chi connectivity index (χ0v) is 11.6. The molecule has 0 unspecified atom stereocenters. The van der Waals surface area contributed by atoms with E-state index in [0.29, 0.717) is 6.54 Å². The van der Waals surface area contributed by atoms with E-state index < -0.39 is 0 Å². The van der Waals surface area contributed by atoms with Crippen LogP contribution in [0.1, 0.15) is 11.3 Å². The molecule has 2 aromatic carbocycles. The summed E-state index contributed by atoms with van der Waals surface area (Å²) < 4.78 is 5.37. The van der Waals surface area contributed by atoms with Crippen LogP contribution in [0.5, 0.6) is 0 Å². The molecule has 0 atom stereocenters. The van der Waals surface area contributed by atoms with Gasteiger partial charge in [-0.25, -0.2) is 5.32 Å². The Kier molecular flexibility index (Phi) is 4.12. The fourth-order valence-electron chi connectivity index (χ4n) is 2.08. The van der Waals surface area contributed by atoms with Crippen LogP contribution in [-0.2, 0) is 6.54 Å². The van der Waals surface area contributed by atoms with Crippen molar-refractivity contribution in [3.63, 3.8) is 0 Å². The molecule has 2 N–H and O–H groups in total. The van der Waals surface area contributed by atoms with Gasteiger partial charge in [0.25, 0.3) is 5.84 Å². The quantitative estimate of drug-likeness (QED) is 0.568. The van der Waals surface area contributed by atoms with Crippen molar-refractivity contribution in [2.75, 3.05) is 5.32 Å². The largest absolute Gasteiger partial charge is 0.465 e. The number of hydrogen-bond donors (Lipinski definition) is 2. The molecule has 0 radical (unpaired) electrons. The van der Waals surface area contributed by atoms with Crippen LogP contribution >= 0.6 is 0 Å². The fourth-order valence-corrected chi connectivity index (χ4v) is 2.08. The van der Waals surface area contributed by atoms with E-state index in [2.05, 4.69) is 22.4 Å². The Balaban J connectivity index is 1.86. The maximum atomic E-state index is 5.37. The second-order valence-corrected chi connectivity index (χ2v) is 4.66. The van der Waals surface area contributed by atoms with Crippen molar-refractivity contribution in [2.24, 2.45) is 0 Å². The molecule has 0 aliphatic rings. The molecule has 0 bridgehead atoms. The lowest BCUT2D eigenvalue weighted by Gasteiger charge is -2.03. The summed E-state index contributed by atoms with van der Waals surface area (Å²) >= 11 is 0. The third-order valence-electron chi connectivity index (χ3n) is 3.13. The van der Waals surface area contributed by atoms with Crippen LogP contribution < -0.4 is 10.3 Å². The predicted molar refractivity (Wildman–Crippen MR) is 84.0 cm³/mol. The Labute approximate surface area is 124 Å². The van der Waals surface area contributed by atoms with Crippen molar-refractivity contribution in [1.29, 1.82) is 0 Å². The molecule has 3 aromatic rings. The summed E-state index contributed by atoms with van der Waals surface area (Å²) in [7, 11) is 0. The maximum absolute atomic E-state index is 5.37. The van der Waals surface area contributed by atoms with Gasteiger partial charge in [-0.3, -0.25) is 4.99 Å². The van der Waals surface area contributed by atoms with Gasteiger partial charge < -0.3 is 4.42 Å². The number of anilines is 1. The molecule has 0 spiro atoms. The highest BCUT2D eigenvalue weighted by Gasteiger charge is 2.11. The van der Waals surface area contributed by atoms with Gasteiger partial charge in [-0.1, -0.05) is 36.4 Å². The Morgan fingerprint density at radius 3 is 2.24 bits per heavy atom. The minimum Gasteiger partial charge on any atom is -0.465 e. The average molecular weight is 277 g/mol. The molecule has 3 rings (SSSR count). The van der Waals surface area contributed by atoms with Crippen molar-refractivity contribution in [3.05, 3.63) is 90.4 Å². The lowest BCUT2D eigenvalue weighted by Crippen LogP contribution is -2.73. The van der Waals surface area contributed by atoms with Crippen molar-refractivity contribution < 1.29 is 9.41 Å². The molecule has 0 amide bonds. The Bertz CT molecular complexity index is 689. The number of benzene rings is 2. The van der Waals surface area contributed by atoms with Crippen LogP contribution in [0, 0.1) is 0 Å². The summed E-state index contributed by atoms with van der Waals surface area (Å²) in [6.45, 7) is 0.636. The van der Waals surface area contributed by atoms with Crippen LogP contribution in [0.4, 0.5) is 5.69 Å². The number of amidine groups is 1. The molecular weight excluding hydrogens is 260 g/mol. The molecule has 1 aromatic heterocycles. The second kappa shape index (κ2) is 6.57. The number of furan rings is 1. The Morgan fingerprint density at radius 1 is 0.857 bits per heavy atom. The predicted octanol–water partition coefficient (Wildman–Crippen LogP) is 2.42. The molecule has 0 saturated carbocycles. The summed E-state index contributed by atoms with van der Waals surface area (Å²) in [4.78, 5) is 3.40. The van der Waals surface area contributed by atoms with Gasteiger partial charge in [0.2, 0.25) is 0 Å². The molecule has 21 heavy (non-hydrogen) atoms. The van der Waals surface area contributed by atoms with Gasteiger partial charge in [0, 0.05) is 0 Å². The number of para-hydroxylation sites is 1. The van der Waals surface area contributed by atoms with Crippen LogP contribution in [0.15, 0.2) is 83.5 Å². The molecule has 0 saturated heterocycles. The van der Waals surface area contributed by atoms with Crippen molar-refractivity contribution in [1.82, 2.24) is 0 Å². The lowest BCUT2D eigenvalue weighted by atomic mass is 10.2. The standard InChI is InChI=1S/C18H16N2O/c1-3-8-15(9-4-1)18(19-14-17-12-7-13-21-17)20-16-10-5-2-6-11-16/h1-13H,14H2,(H,19,20)/p+1. The van der Waals surface area contributed by atoms with E-state index in [9.17, 15) is 0 Å². The maximum Gasteiger partial charge on any atom is 0.280 e. The Hall–Kier alpha value is -2.81. The number of rotatable bonds is 4. The summed E-state index contributed by atoms with van der Waals surface area (Å²) in [5, 5.41) is 3.42. The summed E-state index contributed by atoms with van der Waals surface area (Å²) in [6, 6.07) is 24.2. The molecule has 0 aliphatic carbocycles. The van der Waals surface area contributed by atoms with Gasteiger partial charge in [0.1, 0.15) is 18.0 Å². The van der Waals surface area contributed by atoms with Gasteiger partial charge in [0.15, 0.2) is 0 Å². The van der Waals surface area contributed by atoms with Crippen LogP contribution in [-0.4, -0.2) is 5.84 Å². The third kappa shape index (κ3) is 3.60. The topological polar surface area (TPSA) is 39.1 Å². The van der Waals surface area contributed by atoms with E-state index in [0.717, 1.165) is 22.8 Å².